The van der Waals surface area contributed by atoms with Gasteiger partial charge in [-0.3, -0.25) is 0 Å². The zero-order chi connectivity index (χ0) is 20.0. The highest BCUT2D eigenvalue weighted by Crippen LogP contribution is 2.43. The first-order chi connectivity index (χ1) is 13.5. The minimum atomic E-state index is -0.409. The van der Waals surface area contributed by atoms with Gasteiger partial charge in [0, 0.05) is 22.0 Å². The van der Waals surface area contributed by atoms with Gasteiger partial charge in [0.05, 0.1) is 36.0 Å². The number of fused-ring (bicyclic) bond motifs is 3. The maximum Gasteiger partial charge on any atom is 0.340 e. The summed E-state index contributed by atoms with van der Waals surface area (Å²) in [5.41, 5.74) is 2.68. The summed E-state index contributed by atoms with van der Waals surface area (Å²) < 4.78 is 14.1. The molecule has 2 aromatic carbocycles. The van der Waals surface area contributed by atoms with E-state index in [1.54, 1.807) is 19.2 Å². The van der Waals surface area contributed by atoms with Gasteiger partial charge in [-0.25, -0.2) is 9.78 Å². The number of nitrogens with zero attached hydrogens (tertiary/aromatic N) is 3. The number of aromatic nitrogens is 2. The van der Waals surface area contributed by atoms with Crippen LogP contribution in [0.2, 0.25) is 5.02 Å². The zero-order valence-corrected chi connectivity index (χ0v) is 19.1. The van der Waals surface area contributed by atoms with Gasteiger partial charge in [-0.1, -0.05) is 11.6 Å². The average molecular weight is 530 g/mol. The molecule has 0 radical (unpaired) electrons. The van der Waals surface area contributed by atoms with Crippen LogP contribution in [0.5, 0.6) is 5.75 Å². The largest absolute Gasteiger partial charge is 0.497 e. The highest BCUT2D eigenvalue weighted by molar-refractivity contribution is 9.11. The number of imidazole rings is 1. The first kappa shape index (κ1) is 19.5. The zero-order valence-electron chi connectivity index (χ0n) is 15.1. The second-order valence-electron chi connectivity index (χ2n) is 6.29. The van der Waals surface area contributed by atoms with Gasteiger partial charge < -0.3 is 18.9 Å². The molecule has 0 unspecified atom stereocenters. The third-order valence-corrected chi connectivity index (χ3v) is 6.25. The second kappa shape index (κ2) is 7.57. The number of esters is 1. The fourth-order valence-electron chi connectivity index (χ4n) is 3.50. The Morgan fingerprint density at radius 1 is 1.18 bits per heavy atom. The summed E-state index contributed by atoms with van der Waals surface area (Å²) in [5.74, 6) is 1.06. The molecular formula is C19H16Br2ClN3O3. The van der Waals surface area contributed by atoms with Crippen molar-refractivity contribution in [3.05, 3.63) is 43.8 Å². The molecule has 3 aromatic rings. The Bertz CT molecular complexity index is 1080. The lowest BCUT2D eigenvalue weighted by molar-refractivity contribution is 0.0602. The fraction of sp³-hybridized carbons (Fsp3) is 0.263. The van der Waals surface area contributed by atoms with Gasteiger partial charge in [0.2, 0.25) is 5.95 Å². The summed E-state index contributed by atoms with van der Waals surface area (Å²) in [4.78, 5) is 19.2. The highest BCUT2D eigenvalue weighted by atomic mass is 79.9. The van der Waals surface area contributed by atoms with Crippen LogP contribution in [0, 0.1) is 0 Å². The van der Waals surface area contributed by atoms with E-state index in [-0.39, 0.29) is 0 Å². The Morgan fingerprint density at radius 3 is 2.54 bits per heavy atom. The lowest BCUT2D eigenvalue weighted by atomic mass is 10.1. The molecule has 1 aliphatic heterocycles. The number of hydrogen-bond donors (Lipinski definition) is 0. The van der Waals surface area contributed by atoms with Gasteiger partial charge in [-0.15, -0.1) is 0 Å². The summed E-state index contributed by atoms with van der Waals surface area (Å²) in [6, 6.07) is 7.19. The number of aryl methyl sites for hydroxylation is 1. The molecule has 28 heavy (non-hydrogen) atoms. The van der Waals surface area contributed by atoms with Crippen LogP contribution in [0.4, 0.5) is 11.6 Å². The third kappa shape index (κ3) is 3.07. The van der Waals surface area contributed by atoms with Crippen molar-refractivity contribution in [3.63, 3.8) is 0 Å². The lowest BCUT2D eigenvalue weighted by Crippen LogP contribution is -2.29. The van der Waals surface area contributed by atoms with E-state index in [9.17, 15) is 4.79 Å². The molecule has 0 N–H and O–H groups in total. The molecular weight excluding hydrogens is 513 g/mol. The number of carbonyl (C=O) groups is 1. The van der Waals surface area contributed by atoms with Crippen LogP contribution in [0.1, 0.15) is 16.8 Å². The summed E-state index contributed by atoms with van der Waals surface area (Å²) in [7, 11) is 3.00. The van der Waals surface area contributed by atoms with Crippen LogP contribution in [-0.4, -0.2) is 36.3 Å². The van der Waals surface area contributed by atoms with Crippen molar-refractivity contribution in [3.8, 4) is 5.75 Å². The van der Waals surface area contributed by atoms with E-state index in [2.05, 4.69) is 36.8 Å². The Morgan fingerprint density at radius 2 is 1.89 bits per heavy atom. The number of rotatable bonds is 3. The molecule has 0 saturated carbocycles. The van der Waals surface area contributed by atoms with Crippen molar-refractivity contribution in [1.29, 1.82) is 0 Å². The predicted molar refractivity (Wildman–Crippen MR) is 116 cm³/mol. The average Bonchev–Trinajstić information content (AvgIpc) is 3.08. The van der Waals surface area contributed by atoms with Crippen molar-refractivity contribution in [2.75, 3.05) is 25.7 Å². The van der Waals surface area contributed by atoms with E-state index in [1.807, 2.05) is 16.7 Å². The molecule has 0 bridgehead atoms. The molecule has 2 heterocycles. The maximum atomic E-state index is 12.3. The van der Waals surface area contributed by atoms with Crippen molar-refractivity contribution < 1.29 is 14.3 Å². The Kier molecular flexibility index (Phi) is 5.28. The molecule has 6 nitrogen and oxygen atoms in total. The normalized spacial score (nSPS) is 13.5. The first-order valence-electron chi connectivity index (χ1n) is 8.54. The van der Waals surface area contributed by atoms with Gasteiger partial charge in [0.1, 0.15) is 11.3 Å². The van der Waals surface area contributed by atoms with E-state index < -0.39 is 5.97 Å². The number of halogens is 3. The summed E-state index contributed by atoms with van der Waals surface area (Å²) in [6.45, 7) is 1.51. The molecule has 9 heteroatoms. The van der Waals surface area contributed by atoms with Gasteiger partial charge in [-0.2, -0.15) is 0 Å². The smallest absolute Gasteiger partial charge is 0.340 e. The summed E-state index contributed by atoms with van der Waals surface area (Å²) >= 11 is 13.7. The quantitative estimate of drug-likeness (QED) is 0.417. The Labute approximate surface area is 183 Å². The van der Waals surface area contributed by atoms with Gasteiger partial charge in [0.15, 0.2) is 0 Å². The van der Waals surface area contributed by atoms with Crippen molar-refractivity contribution >= 4 is 72.1 Å². The Balaban J connectivity index is 1.96. The molecule has 1 aromatic heterocycles. The second-order valence-corrected chi connectivity index (χ2v) is 8.41. The number of carbonyl (C=O) groups excluding carboxylic acids is 1. The van der Waals surface area contributed by atoms with Crippen molar-refractivity contribution in [1.82, 2.24) is 9.55 Å². The molecule has 0 fully saturated rings. The molecule has 1 aliphatic rings. The van der Waals surface area contributed by atoms with Crippen LogP contribution < -0.4 is 9.64 Å². The minimum Gasteiger partial charge on any atom is -0.497 e. The first-order valence-corrected chi connectivity index (χ1v) is 10.5. The molecule has 0 spiro atoms. The van der Waals surface area contributed by atoms with Crippen LogP contribution in [0.15, 0.2) is 33.2 Å². The Hall–Kier alpha value is -1.77. The van der Waals surface area contributed by atoms with Gasteiger partial charge in [0.25, 0.3) is 0 Å². The molecule has 146 valence electrons. The SMILES string of the molecule is COC(=O)c1ccc(Cl)c2nc3n(c12)CCCN3c1c(Br)cc(OC)cc1Br. The highest BCUT2D eigenvalue weighted by Gasteiger charge is 2.29. The molecule has 0 saturated heterocycles. The number of benzene rings is 2. The maximum absolute atomic E-state index is 12.3. The van der Waals surface area contributed by atoms with Gasteiger partial charge in [-0.05, 0) is 62.5 Å². The van der Waals surface area contributed by atoms with E-state index in [0.717, 1.165) is 45.8 Å². The molecule has 0 atom stereocenters. The molecule has 0 amide bonds. The minimum absolute atomic E-state index is 0.409. The third-order valence-electron chi connectivity index (χ3n) is 4.73. The predicted octanol–water partition coefficient (Wildman–Crippen LogP) is 5.55. The number of hydrogen-bond acceptors (Lipinski definition) is 5. The van der Waals surface area contributed by atoms with E-state index in [4.69, 9.17) is 26.1 Å². The lowest BCUT2D eigenvalue weighted by Gasteiger charge is -2.31. The topological polar surface area (TPSA) is 56.6 Å². The van der Waals surface area contributed by atoms with E-state index in [1.165, 1.54) is 7.11 Å². The number of anilines is 2. The van der Waals surface area contributed by atoms with Gasteiger partial charge >= 0.3 is 5.97 Å². The van der Waals surface area contributed by atoms with Crippen LogP contribution in [0.3, 0.4) is 0 Å². The van der Waals surface area contributed by atoms with Crippen LogP contribution in [-0.2, 0) is 11.3 Å². The van der Waals surface area contributed by atoms with Crippen LogP contribution in [0.25, 0.3) is 11.0 Å². The van der Waals surface area contributed by atoms with E-state index in [0.29, 0.717) is 21.6 Å². The fourth-order valence-corrected chi connectivity index (χ4v) is 5.27. The molecule has 4 rings (SSSR count). The van der Waals surface area contributed by atoms with Crippen molar-refractivity contribution in [2.24, 2.45) is 0 Å². The monoisotopic (exact) mass is 527 g/mol. The summed E-state index contributed by atoms with van der Waals surface area (Å²) in [5, 5.41) is 0.498. The molecule has 0 aliphatic carbocycles. The van der Waals surface area contributed by atoms with Crippen molar-refractivity contribution in [2.45, 2.75) is 13.0 Å². The number of methoxy groups -OCH3 is 2. The summed E-state index contributed by atoms with van der Waals surface area (Å²) in [6.07, 6.45) is 0.885. The number of ether oxygens (including phenoxy) is 2. The standard InChI is InChI=1S/C19H16Br2ClN3O3/c1-27-10-8-12(20)17(13(21)9-10)25-7-3-6-24-16-11(18(26)28-2)4-5-14(22)15(16)23-19(24)25/h4-5,8-9H,3,6-7H2,1-2H3. The van der Waals surface area contributed by atoms with Crippen LogP contribution >= 0.6 is 43.5 Å². The van der Waals surface area contributed by atoms with E-state index >= 15 is 0 Å².